The Balaban J connectivity index is 1.92. The number of benzene rings is 2. The summed E-state index contributed by atoms with van der Waals surface area (Å²) in [4.78, 5) is 25.9. The van der Waals surface area contributed by atoms with E-state index in [-0.39, 0.29) is 17.9 Å². The summed E-state index contributed by atoms with van der Waals surface area (Å²) >= 11 is 0. The zero-order valence-electron chi connectivity index (χ0n) is 14.9. The summed E-state index contributed by atoms with van der Waals surface area (Å²) in [7, 11) is 1.58. The van der Waals surface area contributed by atoms with E-state index in [0.717, 1.165) is 5.56 Å². The number of hydrogen-bond donors (Lipinski definition) is 1. The molecule has 0 bridgehead atoms. The van der Waals surface area contributed by atoms with Crippen LogP contribution in [-0.2, 0) is 4.79 Å². The molecule has 5 nitrogen and oxygen atoms in total. The quantitative estimate of drug-likeness (QED) is 0.843. The third-order valence-corrected chi connectivity index (χ3v) is 4.14. The average molecular weight is 340 g/mol. The zero-order chi connectivity index (χ0) is 18.2. The molecule has 1 unspecified atom stereocenters. The molecular weight excluding hydrogens is 316 g/mol. The molecule has 1 N–H and O–H groups in total. The summed E-state index contributed by atoms with van der Waals surface area (Å²) in [5, 5.41) is 2.85. The summed E-state index contributed by atoms with van der Waals surface area (Å²) in [5.41, 5.74) is 1.63. The van der Waals surface area contributed by atoms with Crippen molar-refractivity contribution in [2.24, 2.45) is 0 Å². The third-order valence-electron chi connectivity index (χ3n) is 4.14. The van der Waals surface area contributed by atoms with Gasteiger partial charge >= 0.3 is 0 Å². The van der Waals surface area contributed by atoms with Crippen molar-refractivity contribution in [1.29, 1.82) is 0 Å². The first-order valence-electron chi connectivity index (χ1n) is 8.27. The van der Waals surface area contributed by atoms with Gasteiger partial charge in [-0.05, 0) is 36.8 Å². The van der Waals surface area contributed by atoms with Crippen molar-refractivity contribution >= 4 is 11.8 Å². The van der Waals surface area contributed by atoms with Gasteiger partial charge in [0, 0.05) is 25.6 Å². The van der Waals surface area contributed by atoms with Crippen LogP contribution >= 0.6 is 0 Å². The lowest BCUT2D eigenvalue weighted by Crippen LogP contribution is -2.39. The summed E-state index contributed by atoms with van der Waals surface area (Å²) in [5.74, 6) is 0.518. The highest BCUT2D eigenvalue weighted by atomic mass is 16.5. The van der Waals surface area contributed by atoms with E-state index in [1.165, 1.54) is 0 Å². The van der Waals surface area contributed by atoms with Gasteiger partial charge in [-0.15, -0.1) is 0 Å². The Morgan fingerprint density at radius 2 is 1.72 bits per heavy atom. The van der Waals surface area contributed by atoms with Gasteiger partial charge in [0.1, 0.15) is 5.75 Å². The van der Waals surface area contributed by atoms with Gasteiger partial charge in [0.05, 0.1) is 13.2 Å². The Labute approximate surface area is 148 Å². The van der Waals surface area contributed by atoms with Gasteiger partial charge in [0.25, 0.3) is 5.91 Å². The maximum atomic E-state index is 12.2. The second-order valence-electron chi connectivity index (χ2n) is 5.78. The summed E-state index contributed by atoms with van der Waals surface area (Å²) in [6.45, 7) is 4.38. The number of amides is 2. The standard InChI is InChI=1S/C20H24N2O3/c1-15(17-7-5-4-6-8-17)22(16(2)23)14-13-21-20(24)18-9-11-19(25-3)12-10-18/h4-12,15H,13-14H2,1-3H3,(H,21,24). The highest BCUT2D eigenvalue weighted by molar-refractivity contribution is 5.94. The van der Waals surface area contributed by atoms with Gasteiger partial charge in [0.15, 0.2) is 0 Å². The summed E-state index contributed by atoms with van der Waals surface area (Å²) in [6, 6.07) is 16.7. The molecule has 132 valence electrons. The summed E-state index contributed by atoms with van der Waals surface area (Å²) in [6.07, 6.45) is 0. The average Bonchev–Trinajstić information content (AvgIpc) is 2.65. The molecule has 0 aliphatic heterocycles. The molecule has 0 heterocycles. The molecule has 1 atom stereocenters. The molecule has 0 fully saturated rings. The van der Waals surface area contributed by atoms with Crippen molar-refractivity contribution in [2.45, 2.75) is 19.9 Å². The van der Waals surface area contributed by atoms with Crippen molar-refractivity contribution in [3.63, 3.8) is 0 Å². The number of carbonyl (C=O) groups is 2. The molecule has 0 aromatic heterocycles. The first-order chi connectivity index (χ1) is 12.0. The van der Waals surface area contributed by atoms with Crippen LogP contribution in [0.2, 0.25) is 0 Å². The minimum atomic E-state index is -0.168. The highest BCUT2D eigenvalue weighted by Gasteiger charge is 2.18. The van der Waals surface area contributed by atoms with Crippen LogP contribution in [0.15, 0.2) is 54.6 Å². The predicted octanol–water partition coefficient (Wildman–Crippen LogP) is 3.03. The molecule has 0 aliphatic carbocycles. The Hall–Kier alpha value is -2.82. The maximum Gasteiger partial charge on any atom is 0.251 e. The molecule has 0 saturated heterocycles. The van der Waals surface area contributed by atoms with Crippen LogP contribution in [0.1, 0.15) is 35.8 Å². The molecule has 0 aliphatic rings. The van der Waals surface area contributed by atoms with Crippen LogP contribution in [0, 0.1) is 0 Å². The van der Waals surface area contributed by atoms with E-state index in [9.17, 15) is 9.59 Å². The Morgan fingerprint density at radius 3 is 2.28 bits per heavy atom. The van der Waals surface area contributed by atoms with Crippen molar-refractivity contribution in [3.8, 4) is 5.75 Å². The first kappa shape index (κ1) is 18.5. The van der Waals surface area contributed by atoms with E-state index < -0.39 is 0 Å². The SMILES string of the molecule is COc1ccc(C(=O)NCCN(C(C)=O)C(C)c2ccccc2)cc1. The van der Waals surface area contributed by atoms with Crippen molar-refractivity contribution in [1.82, 2.24) is 10.2 Å². The van der Waals surface area contributed by atoms with E-state index >= 15 is 0 Å². The van der Waals surface area contributed by atoms with Crippen molar-refractivity contribution in [2.75, 3.05) is 20.2 Å². The van der Waals surface area contributed by atoms with E-state index in [0.29, 0.717) is 24.4 Å². The number of nitrogens with zero attached hydrogens (tertiary/aromatic N) is 1. The monoisotopic (exact) mass is 340 g/mol. The fraction of sp³-hybridized carbons (Fsp3) is 0.300. The van der Waals surface area contributed by atoms with E-state index in [1.54, 1.807) is 43.2 Å². The highest BCUT2D eigenvalue weighted by Crippen LogP contribution is 2.19. The Morgan fingerprint density at radius 1 is 1.08 bits per heavy atom. The van der Waals surface area contributed by atoms with E-state index in [4.69, 9.17) is 4.74 Å². The Bertz CT molecular complexity index is 699. The number of carbonyl (C=O) groups excluding carboxylic acids is 2. The lowest BCUT2D eigenvalue weighted by molar-refractivity contribution is -0.130. The summed E-state index contributed by atoms with van der Waals surface area (Å²) < 4.78 is 5.08. The van der Waals surface area contributed by atoms with Crippen LogP contribution in [0.5, 0.6) is 5.75 Å². The van der Waals surface area contributed by atoms with Gasteiger partial charge in [-0.3, -0.25) is 9.59 Å². The molecule has 2 amide bonds. The van der Waals surface area contributed by atoms with Crippen LogP contribution < -0.4 is 10.1 Å². The maximum absolute atomic E-state index is 12.2. The molecule has 2 rings (SSSR count). The second-order valence-corrected chi connectivity index (χ2v) is 5.78. The lowest BCUT2D eigenvalue weighted by Gasteiger charge is -2.28. The fourth-order valence-electron chi connectivity index (χ4n) is 2.67. The number of methoxy groups -OCH3 is 1. The number of nitrogens with one attached hydrogen (secondary N) is 1. The molecule has 0 radical (unpaired) electrons. The van der Waals surface area contributed by atoms with Gasteiger partial charge in [-0.1, -0.05) is 30.3 Å². The minimum Gasteiger partial charge on any atom is -0.497 e. The molecule has 2 aromatic rings. The van der Waals surface area contributed by atoms with Crippen molar-refractivity contribution in [3.05, 3.63) is 65.7 Å². The zero-order valence-corrected chi connectivity index (χ0v) is 14.9. The topological polar surface area (TPSA) is 58.6 Å². The normalized spacial score (nSPS) is 11.5. The van der Waals surface area contributed by atoms with E-state index in [1.807, 2.05) is 37.3 Å². The number of hydrogen-bond acceptors (Lipinski definition) is 3. The number of rotatable bonds is 7. The Kier molecular flexibility index (Phi) is 6.57. The molecule has 2 aromatic carbocycles. The smallest absolute Gasteiger partial charge is 0.251 e. The predicted molar refractivity (Wildman–Crippen MR) is 97.6 cm³/mol. The molecular formula is C20H24N2O3. The first-order valence-corrected chi connectivity index (χ1v) is 8.27. The van der Waals surface area contributed by atoms with Crippen LogP contribution in [-0.4, -0.2) is 36.9 Å². The molecule has 5 heteroatoms. The van der Waals surface area contributed by atoms with Gasteiger partial charge in [0.2, 0.25) is 5.91 Å². The molecule has 0 saturated carbocycles. The van der Waals surface area contributed by atoms with Crippen LogP contribution in [0.4, 0.5) is 0 Å². The largest absolute Gasteiger partial charge is 0.497 e. The lowest BCUT2D eigenvalue weighted by atomic mass is 10.1. The minimum absolute atomic E-state index is 0.0185. The second kappa shape index (κ2) is 8.87. The molecule has 25 heavy (non-hydrogen) atoms. The fourth-order valence-corrected chi connectivity index (χ4v) is 2.67. The van der Waals surface area contributed by atoms with Crippen molar-refractivity contribution < 1.29 is 14.3 Å². The van der Waals surface area contributed by atoms with Gasteiger partial charge in [-0.25, -0.2) is 0 Å². The van der Waals surface area contributed by atoms with Gasteiger partial charge in [-0.2, -0.15) is 0 Å². The number of ether oxygens (including phenoxy) is 1. The van der Waals surface area contributed by atoms with Crippen LogP contribution in [0.3, 0.4) is 0 Å². The van der Waals surface area contributed by atoms with Crippen LogP contribution in [0.25, 0.3) is 0 Å². The van der Waals surface area contributed by atoms with E-state index in [2.05, 4.69) is 5.32 Å². The van der Waals surface area contributed by atoms with Gasteiger partial charge < -0.3 is 15.0 Å². The third kappa shape index (κ3) is 5.08. The molecule has 0 spiro atoms.